The van der Waals surface area contributed by atoms with E-state index in [1.54, 1.807) is 25.1 Å². The average molecular weight is 671 g/mol. The molecule has 10 rings (SSSR count). The van der Waals surface area contributed by atoms with Gasteiger partial charge in [-0.1, -0.05) is 36.4 Å². The Kier molecular flexibility index (Phi) is 6.76. The Balaban J connectivity index is 0.951. The second-order valence-corrected chi connectivity index (χ2v) is 12.6. The van der Waals surface area contributed by atoms with Crippen molar-refractivity contribution in [3.8, 4) is 56.9 Å². The normalized spacial score (nSPS) is 11.8. The molecule has 4 N–H and O–H groups in total. The first-order valence-electron chi connectivity index (χ1n) is 16.8. The summed E-state index contributed by atoms with van der Waals surface area (Å²) in [6.45, 7) is 0. The lowest BCUT2D eigenvalue weighted by Gasteiger charge is -1.97. The van der Waals surface area contributed by atoms with Crippen LogP contribution in [0.2, 0.25) is 0 Å². The van der Waals surface area contributed by atoms with Crippen molar-refractivity contribution in [2.75, 3.05) is 0 Å². The third kappa shape index (κ3) is 5.21. The number of aryl methyl sites for hydroxylation is 2. The van der Waals surface area contributed by atoms with Crippen LogP contribution >= 0.6 is 0 Å². The topological polar surface area (TPSA) is 142 Å². The number of hydrogen-bond donors (Lipinski definition) is 4. The summed E-state index contributed by atoms with van der Waals surface area (Å²) in [6, 6.07) is 28.1. The summed E-state index contributed by atoms with van der Waals surface area (Å²) in [4.78, 5) is 23.7. The van der Waals surface area contributed by atoms with Crippen molar-refractivity contribution in [3.05, 3.63) is 145 Å². The van der Waals surface area contributed by atoms with Crippen LogP contribution in [0.3, 0.4) is 0 Å². The summed E-state index contributed by atoms with van der Waals surface area (Å²) >= 11 is 0. The van der Waals surface area contributed by atoms with E-state index in [4.69, 9.17) is 27.6 Å². The van der Waals surface area contributed by atoms with E-state index in [1.807, 2.05) is 60.8 Å². The summed E-state index contributed by atoms with van der Waals surface area (Å²) in [5.74, 6) is 4.23. The van der Waals surface area contributed by atoms with Crippen molar-refractivity contribution in [2.24, 2.45) is 0 Å². The van der Waals surface area contributed by atoms with Gasteiger partial charge in [0.2, 0.25) is 0 Å². The molecule has 0 radical (unpaired) electrons. The third-order valence-corrected chi connectivity index (χ3v) is 9.38. The maximum absolute atomic E-state index is 6.15. The Labute approximate surface area is 290 Å². The van der Waals surface area contributed by atoms with Gasteiger partial charge in [-0.25, -0.2) is 9.97 Å². The molecule has 0 aliphatic heterocycles. The minimum absolute atomic E-state index is 0.608. The largest absolute Gasteiger partial charge is 0.463 e. The van der Waals surface area contributed by atoms with E-state index in [9.17, 15) is 0 Å². The smallest absolute Gasteiger partial charge is 0.155 e. The zero-order valence-electron chi connectivity index (χ0n) is 27.2. The highest BCUT2D eigenvalue weighted by atomic mass is 16.3. The Morgan fingerprint density at radius 1 is 0.510 bits per heavy atom. The van der Waals surface area contributed by atoms with E-state index in [0.29, 0.717) is 40.8 Å². The number of aromatic nitrogens is 6. The second-order valence-electron chi connectivity index (χ2n) is 12.6. The van der Waals surface area contributed by atoms with E-state index in [0.717, 1.165) is 63.6 Å². The SMILES string of the molecule is c1coc(-c2[nH]c(CCc3c[nH]c4ccccc34)nc2-c2cc(-c3coc(-c4nc(Cc5c[nH]c6ccccc56)[nH]c4-c4ccco4)c3)co2)c1. The van der Waals surface area contributed by atoms with Crippen molar-refractivity contribution in [3.63, 3.8) is 0 Å². The fourth-order valence-corrected chi connectivity index (χ4v) is 6.87. The van der Waals surface area contributed by atoms with E-state index >= 15 is 0 Å². The van der Waals surface area contributed by atoms with E-state index in [2.05, 4.69) is 56.5 Å². The van der Waals surface area contributed by atoms with Crippen LogP contribution in [-0.4, -0.2) is 29.9 Å². The molecule has 0 saturated carbocycles. The van der Waals surface area contributed by atoms with Crippen LogP contribution in [0.4, 0.5) is 0 Å². The molecule has 8 aromatic heterocycles. The first-order chi connectivity index (χ1) is 25.2. The molecule has 0 aliphatic carbocycles. The summed E-state index contributed by atoms with van der Waals surface area (Å²) in [5, 5.41) is 2.39. The molecule has 10 heteroatoms. The maximum Gasteiger partial charge on any atom is 0.155 e. The zero-order valence-corrected chi connectivity index (χ0v) is 27.2. The zero-order chi connectivity index (χ0) is 33.7. The number of rotatable bonds is 10. The molecular formula is C41H30N6O4. The standard InChI is InChI=1S/C41H30N6O4/c1-3-9-30-28(7-1)24(20-42-30)13-14-36-44-38(32-11-5-15-48-32)40(45-36)34-17-26(22-50-34)27-18-35(51-23-27)41-39(33-12-6-16-49-33)46-37(47-41)19-25-21-43-31-10-4-2-8-29(25)31/h1-12,15-18,20-23,42-43H,13-14,19H2,(H,44,45)(H,46,47). The Morgan fingerprint density at radius 2 is 1.06 bits per heavy atom. The van der Waals surface area contributed by atoms with Crippen LogP contribution in [-0.2, 0) is 19.3 Å². The molecule has 0 fully saturated rings. The summed E-state index contributed by atoms with van der Waals surface area (Å²) in [6.07, 6.45) is 13.0. The number of imidazole rings is 2. The molecule has 0 spiro atoms. The Hall–Kier alpha value is -6.94. The van der Waals surface area contributed by atoms with Gasteiger partial charge in [-0.15, -0.1) is 0 Å². The number of H-pyrrole nitrogens is 4. The average Bonchev–Trinajstić information content (AvgIpc) is 4.02. The molecule has 0 saturated heterocycles. The highest BCUT2D eigenvalue weighted by molar-refractivity contribution is 5.84. The number of hydrogen-bond acceptors (Lipinski definition) is 6. The van der Waals surface area contributed by atoms with Crippen molar-refractivity contribution in [1.82, 2.24) is 29.9 Å². The van der Waals surface area contributed by atoms with Crippen LogP contribution in [0.25, 0.3) is 78.7 Å². The molecule has 10 aromatic rings. The number of furan rings is 4. The number of benzene rings is 2. The fourth-order valence-electron chi connectivity index (χ4n) is 6.87. The van der Waals surface area contributed by atoms with Gasteiger partial charge >= 0.3 is 0 Å². The molecule has 0 bridgehead atoms. The molecule has 0 amide bonds. The predicted octanol–water partition coefficient (Wildman–Crippen LogP) is 10.2. The highest BCUT2D eigenvalue weighted by Crippen LogP contribution is 2.38. The summed E-state index contributed by atoms with van der Waals surface area (Å²) in [7, 11) is 0. The molecule has 10 nitrogen and oxygen atoms in total. The molecule has 8 heterocycles. The van der Waals surface area contributed by atoms with E-state index < -0.39 is 0 Å². The van der Waals surface area contributed by atoms with Gasteiger partial charge in [0.15, 0.2) is 23.0 Å². The molecule has 0 atom stereocenters. The number of nitrogens with zero attached hydrogens (tertiary/aromatic N) is 2. The van der Waals surface area contributed by atoms with Crippen LogP contribution < -0.4 is 0 Å². The second kappa shape index (κ2) is 11.9. The number of aromatic amines is 4. The van der Waals surface area contributed by atoms with Crippen LogP contribution in [0.15, 0.2) is 140 Å². The molecular weight excluding hydrogens is 640 g/mol. The summed E-state index contributed by atoms with van der Waals surface area (Å²) < 4.78 is 23.9. The minimum Gasteiger partial charge on any atom is -0.463 e. The lowest BCUT2D eigenvalue weighted by atomic mass is 10.1. The molecule has 0 unspecified atom stereocenters. The number of fused-ring (bicyclic) bond motifs is 2. The predicted molar refractivity (Wildman–Crippen MR) is 194 cm³/mol. The minimum atomic E-state index is 0.608. The van der Waals surface area contributed by atoms with Gasteiger partial charge in [0.25, 0.3) is 0 Å². The quantitative estimate of drug-likeness (QED) is 0.114. The van der Waals surface area contributed by atoms with Gasteiger partial charge in [0, 0.05) is 58.2 Å². The van der Waals surface area contributed by atoms with Crippen LogP contribution in [0, 0.1) is 0 Å². The lowest BCUT2D eigenvalue weighted by Crippen LogP contribution is -1.93. The number of para-hydroxylation sites is 2. The first-order valence-corrected chi connectivity index (χ1v) is 16.8. The third-order valence-electron chi connectivity index (χ3n) is 9.38. The van der Waals surface area contributed by atoms with Crippen molar-refractivity contribution >= 4 is 21.8 Å². The van der Waals surface area contributed by atoms with Gasteiger partial charge in [0.1, 0.15) is 34.4 Å². The van der Waals surface area contributed by atoms with Gasteiger partial charge < -0.3 is 37.6 Å². The monoisotopic (exact) mass is 670 g/mol. The van der Waals surface area contributed by atoms with E-state index in [-0.39, 0.29) is 0 Å². The van der Waals surface area contributed by atoms with Gasteiger partial charge in [0.05, 0.1) is 25.1 Å². The van der Waals surface area contributed by atoms with Crippen molar-refractivity contribution < 1.29 is 17.7 Å². The van der Waals surface area contributed by atoms with Gasteiger partial charge in [-0.3, -0.25) is 0 Å². The summed E-state index contributed by atoms with van der Waals surface area (Å²) in [5.41, 5.74) is 9.19. The lowest BCUT2D eigenvalue weighted by molar-refractivity contribution is 0.572. The van der Waals surface area contributed by atoms with Crippen molar-refractivity contribution in [1.29, 1.82) is 0 Å². The fraction of sp³-hybridized carbons (Fsp3) is 0.0732. The van der Waals surface area contributed by atoms with E-state index in [1.165, 1.54) is 16.3 Å². The van der Waals surface area contributed by atoms with Crippen molar-refractivity contribution in [2.45, 2.75) is 19.3 Å². The van der Waals surface area contributed by atoms with Gasteiger partial charge in [-0.05, 0) is 66.1 Å². The number of nitrogens with one attached hydrogen (secondary N) is 4. The van der Waals surface area contributed by atoms with Crippen LogP contribution in [0.1, 0.15) is 22.8 Å². The van der Waals surface area contributed by atoms with Crippen LogP contribution in [0.5, 0.6) is 0 Å². The molecule has 248 valence electrons. The molecule has 0 aliphatic rings. The molecule has 2 aromatic carbocycles. The molecule has 51 heavy (non-hydrogen) atoms. The highest BCUT2D eigenvalue weighted by Gasteiger charge is 2.23. The van der Waals surface area contributed by atoms with Gasteiger partial charge in [-0.2, -0.15) is 0 Å². The maximum atomic E-state index is 6.15. The Morgan fingerprint density at radius 3 is 1.67 bits per heavy atom. The first kappa shape index (κ1) is 29.0. The Bertz CT molecular complexity index is 2750.